The minimum atomic E-state index is -3.19. The molecule has 1 fully saturated rings. The average molecular weight is 340 g/mol. The van der Waals surface area contributed by atoms with Crippen LogP contribution < -0.4 is 10.5 Å². The lowest BCUT2D eigenvalue weighted by atomic mass is 10.1. The van der Waals surface area contributed by atoms with Crippen LogP contribution in [0, 0.1) is 0 Å². The summed E-state index contributed by atoms with van der Waals surface area (Å²) in [6.45, 7) is 1.86. The number of rotatable bonds is 6. The summed E-state index contributed by atoms with van der Waals surface area (Å²) in [5, 5.41) is 0. The smallest absolute Gasteiger partial charge is 0.222 e. The number of ether oxygens (including phenoxy) is 1. The van der Waals surface area contributed by atoms with Crippen LogP contribution >= 0.6 is 0 Å². The van der Waals surface area contributed by atoms with Gasteiger partial charge in [-0.1, -0.05) is 0 Å². The standard InChI is InChI=1S/C16H24N2O4S/c1-23(20,21)15-8-6-14(7-9-15)22-11-3-5-16(19)18-10-2-4-13(17)12-18/h6-9,13H,2-5,10-12,17H2,1H3. The Bertz CT molecular complexity index is 628. The van der Waals surface area contributed by atoms with Crippen LogP contribution in [0.25, 0.3) is 0 Å². The SMILES string of the molecule is CS(=O)(=O)c1ccc(OCCCC(=O)N2CCCC(N)C2)cc1. The van der Waals surface area contributed by atoms with Crippen molar-refractivity contribution >= 4 is 15.7 Å². The van der Waals surface area contributed by atoms with Crippen LogP contribution in [0.4, 0.5) is 0 Å². The highest BCUT2D eigenvalue weighted by atomic mass is 32.2. The second kappa shape index (κ2) is 7.79. The fourth-order valence-corrected chi connectivity index (χ4v) is 3.22. The third kappa shape index (κ3) is 5.51. The van der Waals surface area contributed by atoms with Gasteiger partial charge in [0.25, 0.3) is 0 Å². The zero-order chi connectivity index (χ0) is 16.9. The number of benzene rings is 1. The van der Waals surface area contributed by atoms with Crippen LogP contribution in [0.3, 0.4) is 0 Å². The second-order valence-electron chi connectivity index (χ2n) is 5.94. The number of carbonyl (C=O) groups excluding carboxylic acids is 1. The number of sulfone groups is 1. The molecule has 1 aromatic rings. The molecule has 0 aliphatic carbocycles. The predicted molar refractivity (Wildman–Crippen MR) is 88.1 cm³/mol. The van der Waals surface area contributed by atoms with E-state index in [2.05, 4.69) is 0 Å². The molecular weight excluding hydrogens is 316 g/mol. The van der Waals surface area contributed by atoms with Gasteiger partial charge in [0.2, 0.25) is 5.91 Å². The number of piperidine rings is 1. The monoisotopic (exact) mass is 340 g/mol. The normalized spacial score (nSPS) is 18.7. The van der Waals surface area contributed by atoms with Crippen LogP contribution in [0.15, 0.2) is 29.2 Å². The van der Waals surface area contributed by atoms with E-state index in [1.807, 2.05) is 4.90 Å². The zero-order valence-electron chi connectivity index (χ0n) is 13.4. The highest BCUT2D eigenvalue weighted by molar-refractivity contribution is 7.90. The van der Waals surface area contributed by atoms with Crippen molar-refractivity contribution in [3.05, 3.63) is 24.3 Å². The Kier molecular flexibility index (Phi) is 6.01. The van der Waals surface area contributed by atoms with Crippen molar-refractivity contribution < 1.29 is 17.9 Å². The first-order valence-electron chi connectivity index (χ1n) is 7.82. The molecule has 23 heavy (non-hydrogen) atoms. The predicted octanol–water partition coefficient (Wildman–Crippen LogP) is 1.20. The quantitative estimate of drug-likeness (QED) is 0.786. The number of nitrogens with two attached hydrogens (primary N) is 1. The van der Waals surface area contributed by atoms with E-state index in [0.717, 1.165) is 19.4 Å². The Morgan fingerprint density at radius 3 is 2.65 bits per heavy atom. The molecule has 1 aliphatic rings. The van der Waals surface area contributed by atoms with Crippen molar-refractivity contribution in [2.24, 2.45) is 5.73 Å². The Balaban J connectivity index is 1.72. The minimum Gasteiger partial charge on any atom is -0.494 e. The molecule has 1 aromatic carbocycles. The molecule has 2 rings (SSSR count). The molecule has 0 aromatic heterocycles. The maximum atomic E-state index is 12.1. The van der Waals surface area contributed by atoms with Crippen LogP contribution in [-0.4, -0.2) is 51.2 Å². The summed E-state index contributed by atoms with van der Waals surface area (Å²) in [7, 11) is -3.19. The van der Waals surface area contributed by atoms with E-state index in [9.17, 15) is 13.2 Å². The fraction of sp³-hybridized carbons (Fsp3) is 0.562. The van der Waals surface area contributed by atoms with Gasteiger partial charge in [-0.3, -0.25) is 4.79 Å². The van der Waals surface area contributed by atoms with E-state index in [1.54, 1.807) is 12.1 Å². The molecule has 1 heterocycles. The summed E-state index contributed by atoms with van der Waals surface area (Å²) >= 11 is 0. The fourth-order valence-electron chi connectivity index (χ4n) is 2.59. The first-order chi connectivity index (χ1) is 10.9. The molecule has 0 radical (unpaired) electrons. The van der Waals surface area contributed by atoms with Gasteiger partial charge in [0.1, 0.15) is 5.75 Å². The van der Waals surface area contributed by atoms with Gasteiger partial charge in [-0.05, 0) is 43.5 Å². The molecule has 2 N–H and O–H groups in total. The number of carbonyl (C=O) groups is 1. The molecule has 0 spiro atoms. The van der Waals surface area contributed by atoms with Crippen molar-refractivity contribution in [2.75, 3.05) is 26.0 Å². The molecule has 1 aliphatic heterocycles. The molecular formula is C16H24N2O4S. The van der Waals surface area contributed by atoms with Crippen molar-refractivity contribution in [3.63, 3.8) is 0 Å². The summed E-state index contributed by atoms with van der Waals surface area (Å²) in [5.41, 5.74) is 5.88. The zero-order valence-corrected chi connectivity index (χ0v) is 14.2. The van der Waals surface area contributed by atoms with Gasteiger partial charge in [0, 0.05) is 31.8 Å². The van der Waals surface area contributed by atoms with Gasteiger partial charge in [-0.15, -0.1) is 0 Å². The van der Waals surface area contributed by atoms with Gasteiger partial charge in [-0.2, -0.15) is 0 Å². The van der Waals surface area contributed by atoms with Gasteiger partial charge in [0.15, 0.2) is 9.84 Å². The third-order valence-electron chi connectivity index (χ3n) is 3.87. The molecule has 7 heteroatoms. The largest absolute Gasteiger partial charge is 0.494 e. The molecule has 0 bridgehead atoms. The van der Waals surface area contributed by atoms with Crippen molar-refractivity contribution in [2.45, 2.75) is 36.6 Å². The lowest BCUT2D eigenvalue weighted by molar-refractivity contribution is -0.132. The molecule has 1 atom stereocenters. The number of hydrogen-bond acceptors (Lipinski definition) is 5. The Labute approximate surface area is 137 Å². The van der Waals surface area contributed by atoms with E-state index < -0.39 is 9.84 Å². The maximum Gasteiger partial charge on any atom is 0.222 e. The van der Waals surface area contributed by atoms with Crippen molar-refractivity contribution in [1.29, 1.82) is 0 Å². The minimum absolute atomic E-state index is 0.0947. The average Bonchev–Trinajstić information content (AvgIpc) is 2.51. The van der Waals surface area contributed by atoms with E-state index in [0.29, 0.717) is 31.7 Å². The Hall–Kier alpha value is -1.60. The molecule has 6 nitrogen and oxygen atoms in total. The van der Waals surface area contributed by atoms with Crippen LogP contribution in [0.2, 0.25) is 0 Å². The summed E-state index contributed by atoms with van der Waals surface area (Å²) in [5.74, 6) is 0.723. The van der Waals surface area contributed by atoms with Gasteiger partial charge in [0.05, 0.1) is 11.5 Å². The second-order valence-corrected chi connectivity index (χ2v) is 7.95. The highest BCUT2D eigenvalue weighted by Gasteiger charge is 2.20. The van der Waals surface area contributed by atoms with Crippen LogP contribution in [0.1, 0.15) is 25.7 Å². The molecule has 128 valence electrons. The van der Waals surface area contributed by atoms with E-state index in [1.165, 1.54) is 18.4 Å². The first kappa shape index (κ1) is 17.7. The van der Waals surface area contributed by atoms with Crippen LogP contribution in [0.5, 0.6) is 5.75 Å². The molecule has 0 saturated carbocycles. The van der Waals surface area contributed by atoms with Crippen molar-refractivity contribution in [3.8, 4) is 5.75 Å². The number of hydrogen-bond donors (Lipinski definition) is 1. The summed E-state index contributed by atoms with van der Waals surface area (Å²) < 4.78 is 28.3. The molecule has 1 unspecified atom stereocenters. The van der Waals surface area contributed by atoms with E-state index in [4.69, 9.17) is 10.5 Å². The third-order valence-corrected chi connectivity index (χ3v) is 4.99. The summed E-state index contributed by atoms with van der Waals surface area (Å²) in [4.78, 5) is 14.2. The Morgan fingerprint density at radius 1 is 1.35 bits per heavy atom. The highest BCUT2D eigenvalue weighted by Crippen LogP contribution is 2.16. The van der Waals surface area contributed by atoms with Gasteiger partial charge < -0.3 is 15.4 Å². The summed E-state index contributed by atoms with van der Waals surface area (Å²) in [6.07, 6.45) is 4.18. The molecule has 1 saturated heterocycles. The Morgan fingerprint density at radius 2 is 2.04 bits per heavy atom. The molecule has 1 amide bonds. The first-order valence-corrected chi connectivity index (χ1v) is 9.71. The topological polar surface area (TPSA) is 89.7 Å². The van der Waals surface area contributed by atoms with E-state index >= 15 is 0 Å². The maximum absolute atomic E-state index is 12.1. The van der Waals surface area contributed by atoms with E-state index in [-0.39, 0.29) is 16.8 Å². The number of nitrogens with zero attached hydrogens (tertiary/aromatic N) is 1. The van der Waals surface area contributed by atoms with Crippen LogP contribution in [-0.2, 0) is 14.6 Å². The lowest BCUT2D eigenvalue weighted by Crippen LogP contribution is -2.45. The van der Waals surface area contributed by atoms with Crippen molar-refractivity contribution in [1.82, 2.24) is 4.90 Å². The van der Waals surface area contributed by atoms with Gasteiger partial charge >= 0.3 is 0 Å². The summed E-state index contributed by atoms with van der Waals surface area (Å²) in [6, 6.07) is 6.39. The lowest BCUT2D eigenvalue weighted by Gasteiger charge is -2.30. The van der Waals surface area contributed by atoms with Gasteiger partial charge in [-0.25, -0.2) is 8.42 Å². The number of amides is 1. The number of likely N-dealkylation sites (tertiary alicyclic amines) is 1.